The lowest BCUT2D eigenvalue weighted by Gasteiger charge is -2.29. The van der Waals surface area contributed by atoms with Crippen LogP contribution in [0.2, 0.25) is 0 Å². The highest BCUT2D eigenvalue weighted by atomic mass is 19.4. The molecule has 0 amide bonds. The molecule has 0 bridgehead atoms. The molecule has 0 aliphatic rings. The maximum absolute atomic E-state index is 13.7. The predicted octanol–water partition coefficient (Wildman–Crippen LogP) is 5.19. The van der Waals surface area contributed by atoms with Crippen LogP contribution in [0.4, 0.5) is 32.0 Å². The van der Waals surface area contributed by atoms with Crippen LogP contribution in [0.25, 0.3) is 16.7 Å². The zero-order valence-corrected chi connectivity index (χ0v) is 19.0. The molecule has 0 spiro atoms. The fraction of sp³-hybridized carbons (Fsp3) is 0.217. The molecule has 0 radical (unpaired) electrons. The number of hydrogen-bond donors (Lipinski definition) is 0. The van der Waals surface area contributed by atoms with Gasteiger partial charge in [-0.15, -0.1) is 0 Å². The lowest BCUT2D eigenvalue weighted by Crippen LogP contribution is -2.26. The average Bonchev–Trinajstić information content (AvgIpc) is 3.35. The van der Waals surface area contributed by atoms with Gasteiger partial charge in [0.15, 0.2) is 11.6 Å². The normalized spacial score (nSPS) is 12.7. The summed E-state index contributed by atoms with van der Waals surface area (Å²) in [6, 6.07) is 6.43. The third kappa shape index (κ3) is 4.61. The molecule has 0 aliphatic heterocycles. The molecule has 3 aromatic heterocycles. The number of nitrogens with zero attached hydrogens (tertiary/aromatic N) is 8. The van der Waals surface area contributed by atoms with Crippen LogP contribution in [0.3, 0.4) is 0 Å². The lowest BCUT2D eigenvalue weighted by molar-refractivity contribution is -0.142. The molecular formula is C23H14F6N8. The molecule has 4 aromatic rings. The second-order valence-corrected chi connectivity index (χ2v) is 7.88. The number of rotatable bonds is 4. The van der Waals surface area contributed by atoms with E-state index in [0.29, 0.717) is 11.6 Å². The summed E-state index contributed by atoms with van der Waals surface area (Å²) in [5.41, 5.74) is -3.98. The summed E-state index contributed by atoms with van der Waals surface area (Å²) < 4.78 is 83.2. The minimum atomic E-state index is -5.14. The van der Waals surface area contributed by atoms with Gasteiger partial charge in [0.05, 0.1) is 39.5 Å². The minimum Gasteiger partial charge on any atom is -0.363 e. The van der Waals surface area contributed by atoms with Crippen molar-refractivity contribution in [1.82, 2.24) is 24.7 Å². The molecule has 0 saturated carbocycles. The molecule has 4 rings (SSSR count). The number of alkyl halides is 6. The van der Waals surface area contributed by atoms with Crippen molar-refractivity contribution in [3.05, 3.63) is 71.1 Å². The standard InChI is InChI=1S/C23H14F6N8/c1-12(21-34-11-35-37(21)18-4-3-13(7-30)9-32-18)36(2)20-14(8-31)10-33-19-16(20)5-15(22(24,25)26)6-17(19)23(27,28)29/h3-6,9-12H,1-2H3. The highest BCUT2D eigenvalue weighted by Gasteiger charge is 2.39. The van der Waals surface area contributed by atoms with Gasteiger partial charge in [-0.3, -0.25) is 4.98 Å². The SMILES string of the molecule is CC(c1ncnn1-c1ccc(C#N)cn1)N(C)c1c(C#N)cnc2c(C(F)(F)F)cc(C(F)(F)F)cc12. The third-order valence-electron chi connectivity index (χ3n) is 5.67. The second kappa shape index (κ2) is 9.05. The Balaban J connectivity index is 1.92. The van der Waals surface area contributed by atoms with E-state index >= 15 is 0 Å². The van der Waals surface area contributed by atoms with Crippen LogP contribution in [0, 0.1) is 22.7 Å². The summed E-state index contributed by atoms with van der Waals surface area (Å²) >= 11 is 0. The fourth-order valence-corrected chi connectivity index (χ4v) is 3.79. The summed E-state index contributed by atoms with van der Waals surface area (Å²) in [6.07, 6.45) is -6.84. The number of benzene rings is 1. The zero-order valence-electron chi connectivity index (χ0n) is 19.0. The Morgan fingerprint density at radius 2 is 1.68 bits per heavy atom. The molecule has 1 atom stereocenters. The van der Waals surface area contributed by atoms with Gasteiger partial charge < -0.3 is 4.90 Å². The van der Waals surface area contributed by atoms with Crippen LogP contribution in [0.5, 0.6) is 0 Å². The van der Waals surface area contributed by atoms with Crippen LogP contribution < -0.4 is 4.90 Å². The smallest absolute Gasteiger partial charge is 0.363 e. The third-order valence-corrected chi connectivity index (χ3v) is 5.67. The summed E-state index contributed by atoms with van der Waals surface area (Å²) in [5, 5.41) is 22.2. The molecule has 8 nitrogen and oxygen atoms in total. The summed E-state index contributed by atoms with van der Waals surface area (Å²) in [6.45, 7) is 1.58. The summed E-state index contributed by atoms with van der Waals surface area (Å²) in [7, 11) is 1.40. The van der Waals surface area contributed by atoms with Crippen molar-refractivity contribution in [2.24, 2.45) is 0 Å². The number of nitriles is 2. The Bertz CT molecular complexity index is 1560. The predicted molar refractivity (Wildman–Crippen MR) is 117 cm³/mol. The number of aromatic nitrogens is 5. The van der Waals surface area contributed by atoms with E-state index < -0.39 is 40.4 Å². The highest BCUT2D eigenvalue weighted by molar-refractivity contribution is 5.97. The summed E-state index contributed by atoms with van der Waals surface area (Å²) in [4.78, 5) is 13.3. The van der Waals surface area contributed by atoms with Crippen molar-refractivity contribution in [3.8, 4) is 18.0 Å². The zero-order chi connectivity index (χ0) is 27.1. The molecule has 3 heterocycles. The Hall–Kier alpha value is -4.72. The lowest BCUT2D eigenvalue weighted by atomic mass is 10.00. The van der Waals surface area contributed by atoms with Gasteiger partial charge in [-0.25, -0.2) is 9.97 Å². The molecule has 1 aromatic carbocycles. The second-order valence-electron chi connectivity index (χ2n) is 7.88. The highest BCUT2D eigenvalue weighted by Crippen LogP contribution is 2.43. The largest absolute Gasteiger partial charge is 0.418 e. The van der Waals surface area contributed by atoms with E-state index in [2.05, 4.69) is 20.1 Å². The van der Waals surface area contributed by atoms with Crippen molar-refractivity contribution in [3.63, 3.8) is 0 Å². The molecule has 1 unspecified atom stereocenters. The van der Waals surface area contributed by atoms with E-state index in [1.807, 2.05) is 6.07 Å². The molecule has 188 valence electrons. The molecule has 0 saturated heterocycles. The Morgan fingerprint density at radius 1 is 0.946 bits per heavy atom. The maximum Gasteiger partial charge on any atom is 0.418 e. The number of hydrogen-bond acceptors (Lipinski definition) is 7. The van der Waals surface area contributed by atoms with Crippen LogP contribution in [0.1, 0.15) is 41.0 Å². The van der Waals surface area contributed by atoms with E-state index in [1.54, 1.807) is 13.0 Å². The van der Waals surface area contributed by atoms with Crippen LogP contribution >= 0.6 is 0 Å². The van der Waals surface area contributed by atoms with E-state index in [1.165, 1.54) is 41.3 Å². The first-order valence-electron chi connectivity index (χ1n) is 10.4. The first-order chi connectivity index (χ1) is 17.4. The van der Waals surface area contributed by atoms with Gasteiger partial charge in [0.1, 0.15) is 18.5 Å². The van der Waals surface area contributed by atoms with E-state index in [9.17, 15) is 31.6 Å². The topological polar surface area (TPSA) is 107 Å². The van der Waals surface area contributed by atoms with Gasteiger partial charge >= 0.3 is 12.4 Å². The van der Waals surface area contributed by atoms with Gasteiger partial charge in [0, 0.05) is 24.8 Å². The van der Waals surface area contributed by atoms with Crippen LogP contribution in [-0.2, 0) is 12.4 Å². The van der Waals surface area contributed by atoms with E-state index in [4.69, 9.17) is 5.26 Å². The fourth-order valence-electron chi connectivity index (χ4n) is 3.79. The Labute approximate surface area is 205 Å². The molecule has 0 fully saturated rings. The number of halogens is 6. The quantitative estimate of drug-likeness (QED) is 0.344. The first-order valence-corrected chi connectivity index (χ1v) is 10.4. The Morgan fingerprint density at radius 3 is 2.24 bits per heavy atom. The molecular weight excluding hydrogens is 502 g/mol. The van der Waals surface area contributed by atoms with Gasteiger partial charge in [-0.05, 0) is 31.2 Å². The summed E-state index contributed by atoms with van der Waals surface area (Å²) in [5.74, 6) is 0.488. The molecule has 0 aliphatic carbocycles. The van der Waals surface area contributed by atoms with Crippen LogP contribution in [0.15, 0.2) is 43.0 Å². The van der Waals surface area contributed by atoms with E-state index in [0.717, 1.165) is 6.20 Å². The van der Waals surface area contributed by atoms with E-state index in [-0.39, 0.29) is 29.0 Å². The van der Waals surface area contributed by atoms with Crippen molar-refractivity contribution in [1.29, 1.82) is 10.5 Å². The number of anilines is 1. The molecule has 37 heavy (non-hydrogen) atoms. The maximum atomic E-state index is 13.7. The Kier molecular flexibility index (Phi) is 6.21. The van der Waals surface area contributed by atoms with Gasteiger partial charge in [0.25, 0.3) is 0 Å². The van der Waals surface area contributed by atoms with Crippen molar-refractivity contribution < 1.29 is 26.3 Å². The molecule has 14 heteroatoms. The van der Waals surface area contributed by atoms with Gasteiger partial charge in [-0.1, -0.05) is 0 Å². The number of pyridine rings is 2. The van der Waals surface area contributed by atoms with Gasteiger partial charge in [-0.2, -0.15) is 46.6 Å². The van der Waals surface area contributed by atoms with Gasteiger partial charge in [0.2, 0.25) is 0 Å². The van der Waals surface area contributed by atoms with Crippen molar-refractivity contribution in [2.75, 3.05) is 11.9 Å². The first kappa shape index (κ1) is 25.4. The minimum absolute atomic E-state index is 0.00177. The van der Waals surface area contributed by atoms with Crippen molar-refractivity contribution >= 4 is 16.6 Å². The average molecular weight is 516 g/mol. The number of fused-ring (bicyclic) bond motifs is 1. The monoisotopic (exact) mass is 516 g/mol. The van der Waals surface area contributed by atoms with Crippen molar-refractivity contribution in [2.45, 2.75) is 25.3 Å². The molecule has 0 N–H and O–H groups in total. The van der Waals surface area contributed by atoms with Crippen LogP contribution in [-0.4, -0.2) is 31.8 Å².